The first-order chi connectivity index (χ1) is 5.39. The Balaban J connectivity index is 4.77. The Morgan fingerprint density at radius 2 is 1.00 bits per heavy atom. The SMILES string of the molecule is CN[Si](C(C)C)(C(C)C)C(C)C. The molecule has 2 heteroatoms. The van der Waals surface area contributed by atoms with Crippen LogP contribution in [0, 0.1) is 0 Å². The Morgan fingerprint density at radius 1 is 0.750 bits per heavy atom. The van der Waals surface area contributed by atoms with Crippen LogP contribution in [0.2, 0.25) is 16.6 Å². The zero-order valence-electron chi connectivity index (χ0n) is 9.73. The molecule has 0 saturated heterocycles. The maximum Gasteiger partial charge on any atom is 0.133 e. The molecule has 0 aliphatic rings. The van der Waals surface area contributed by atoms with E-state index in [9.17, 15) is 0 Å². The summed E-state index contributed by atoms with van der Waals surface area (Å²) in [6, 6.07) is 0. The van der Waals surface area contributed by atoms with Gasteiger partial charge in [-0.15, -0.1) is 0 Å². The molecule has 0 fully saturated rings. The predicted octanol–water partition coefficient (Wildman–Crippen LogP) is 3.38. The van der Waals surface area contributed by atoms with Crippen LogP contribution in [0.15, 0.2) is 0 Å². The summed E-state index contributed by atoms with van der Waals surface area (Å²) in [7, 11) is 0.894. The fourth-order valence-corrected chi connectivity index (χ4v) is 8.60. The lowest BCUT2D eigenvalue weighted by molar-refractivity contribution is 0.768. The molecule has 0 unspecified atom stereocenters. The van der Waals surface area contributed by atoms with Gasteiger partial charge in [-0.05, 0) is 23.7 Å². The van der Waals surface area contributed by atoms with E-state index in [2.05, 4.69) is 53.6 Å². The molecule has 12 heavy (non-hydrogen) atoms. The summed E-state index contributed by atoms with van der Waals surface area (Å²) in [5.74, 6) is 0. The summed E-state index contributed by atoms with van der Waals surface area (Å²) in [5.41, 5.74) is 2.47. The Bertz CT molecular complexity index is 108. The van der Waals surface area contributed by atoms with Crippen LogP contribution in [0.4, 0.5) is 0 Å². The Hall–Kier alpha value is 0.177. The van der Waals surface area contributed by atoms with Crippen molar-refractivity contribution in [2.75, 3.05) is 7.05 Å². The molecule has 0 aromatic heterocycles. The third-order valence-corrected chi connectivity index (χ3v) is 9.90. The van der Waals surface area contributed by atoms with Crippen molar-refractivity contribution in [1.82, 2.24) is 4.98 Å². The van der Waals surface area contributed by atoms with Crippen LogP contribution in [-0.4, -0.2) is 15.3 Å². The van der Waals surface area contributed by atoms with Gasteiger partial charge in [0.1, 0.15) is 8.24 Å². The Morgan fingerprint density at radius 3 is 1.00 bits per heavy atom. The van der Waals surface area contributed by atoms with Crippen molar-refractivity contribution in [1.29, 1.82) is 0 Å². The van der Waals surface area contributed by atoms with E-state index in [1.165, 1.54) is 0 Å². The standard InChI is InChI=1S/C10H25NSi/c1-8(2)12(11-7,9(3)4)10(5)6/h8-11H,1-7H3. The zero-order chi connectivity index (χ0) is 9.94. The molecule has 0 radical (unpaired) electrons. The highest BCUT2D eigenvalue weighted by atomic mass is 28.3. The predicted molar refractivity (Wildman–Crippen MR) is 60.1 cm³/mol. The van der Waals surface area contributed by atoms with E-state index in [1.807, 2.05) is 0 Å². The lowest BCUT2D eigenvalue weighted by Gasteiger charge is -2.42. The first-order valence-corrected chi connectivity index (χ1v) is 7.31. The third kappa shape index (κ3) is 1.91. The average Bonchev–Trinajstić information content (AvgIpc) is 1.86. The Labute approximate surface area is 79.0 Å². The van der Waals surface area contributed by atoms with Crippen molar-refractivity contribution >= 4 is 8.24 Å². The molecular weight excluding hydrogens is 162 g/mol. The van der Waals surface area contributed by atoms with Crippen LogP contribution in [0.3, 0.4) is 0 Å². The first-order valence-electron chi connectivity index (χ1n) is 5.08. The van der Waals surface area contributed by atoms with Crippen molar-refractivity contribution in [3.63, 3.8) is 0 Å². The summed E-state index contributed by atoms with van der Waals surface area (Å²) in [4.78, 5) is 3.65. The normalized spacial score (nSPS) is 13.5. The van der Waals surface area contributed by atoms with Crippen molar-refractivity contribution in [2.45, 2.75) is 58.2 Å². The van der Waals surface area contributed by atoms with Gasteiger partial charge in [-0.3, -0.25) is 0 Å². The van der Waals surface area contributed by atoms with Gasteiger partial charge < -0.3 is 4.98 Å². The molecule has 1 nitrogen and oxygen atoms in total. The molecule has 0 heterocycles. The minimum atomic E-state index is -1.25. The number of hydrogen-bond acceptors (Lipinski definition) is 1. The first kappa shape index (κ1) is 12.2. The van der Waals surface area contributed by atoms with Gasteiger partial charge in [0.15, 0.2) is 0 Å². The average molecular weight is 187 g/mol. The molecule has 0 spiro atoms. The molecule has 0 bridgehead atoms. The molecule has 0 aliphatic carbocycles. The fourth-order valence-electron chi connectivity index (χ4n) is 2.87. The maximum absolute atomic E-state index is 3.65. The highest BCUT2D eigenvalue weighted by Crippen LogP contribution is 2.38. The van der Waals surface area contributed by atoms with Gasteiger partial charge in [0, 0.05) is 0 Å². The highest BCUT2D eigenvalue weighted by molar-refractivity contribution is 6.81. The molecular formula is C10H25NSi. The maximum atomic E-state index is 3.65. The summed E-state index contributed by atoms with van der Waals surface area (Å²) in [5, 5.41) is 0. The smallest absolute Gasteiger partial charge is 0.133 e. The van der Waals surface area contributed by atoms with E-state index >= 15 is 0 Å². The molecule has 74 valence electrons. The van der Waals surface area contributed by atoms with Gasteiger partial charge in [0.2, 0.25) is 0 Å². The van der Waals surface area contributed by atoms with Crippen LogP contribution >= 0.6 is 0 Å². The molecule has 0 aliphatic heterocycles. The highest BCUT2D eigenvalue weighted by Gasteiger charge is 2.41. The molecule has 0 atom stereocenters. The monoisotopic (exact) mass is 187 g/mol. The lowest BCUT2D eigenvalue weighted by atomic mass is 10.5. The topological polar surface area (TPSA) is 12.0 Å². The van der Waals surface area contributed by atoms with Crippen LogP contribution in [0.25, 0.3) is 0 Å². The fraction of sp³-hybridized carbons (Fsp3) is 1.00. The second kappa shape index (κ2) is 4.42. The van der Waals surface area contributed by atoms with E-state index in [1.54, 1.807) is 0 Å². The van der Waals surface area contributed by atoms with E-state index in [0.29, 0.717) is 0 Å². The molecule has 0 saturated carbocycles. The van der Waals surface area contributed by atoms with Crippen molar-refractivity contribution in [2.24, 2.45) is 0 Å². The summed E-state index contributed by atoms with van der Waals surface area (Å²) in [6.45, 7) is 14.2. The van der Waals surface area contributed by atoms with E-state index in [0.717, 1.165) is 16.6 Å². The van der Waals surface area contributed by atoms with E-state index in [-0.39, 0.29) is 0 Å². The van der Waals surface area contributed by atoms with Gasteiger partial charge >= 0.3 is 0 Å². The molecule has 0 rings (SSSR count). The van der Waals surface area contributed by atoms with Crippen LogP contribution < -0.4 is 4.98 Å². The third-order valence-electron chi connectivity index (χ3n) is 3.30. The summed E-state index contributed by atoms with van der Waals surface area (Å²) >= 11 is 0. The van der Waals surface area contributed by atoms with Gasteiger partial charge in [-0.25, -0.2) is 0 Å². The quantitative estimate of drug-likeness (QED) is 0.665. The molecule has 1 N–H and O–H groups in total. The minimum Gasteiger partial charge on any atom is -0.339 e. The van der Waals surface area contributed by atoms with Crippen LogP contribution in [0.1, 0.15) is 41.5 Å². The van der Waals surface area contributed by atoms with E-state index < -0.39 is 8.24 Å². The second-order valence-corrected chi connectivity index (χ2v) is 10.5. The zero-order valence-corrected chi connectivity index (χ0v) is 10.7. The number of nitrogens with one attached hydrogen (secondary N) is 1. The number of rotatable bonds is 4. The van der Waals surface area contributed by atoms with Gasteiger partial charge in [0.05, 0.1) is 0 Å². The van der Waals surface area contributed by atoms with Gasteiger partial charge in [0.25, 0.3) is 0 Å². The summed E-state index contributed by atoms with van der Waals surface area (Å²) in [6.07, 6.45) is 0. The van der Waals surface area contributed by atoms with Gasteiger partial charge in [-0.1, -0.05) is 41.5 Å². The second-order valence-electron chi connectivity index (χ2n) is 4.65. The van der Waals surface area contributed by atoms with Crippen molar-refractivity contribution in [3.8, 4) is 0 Å². The molecule has 0 amide bonds. The largest absolute Gasteiger partial charge is 0.339 e. The Kier molecular flexibility index (Phi) is 4.49. The molecule has 0 aromatic rings. The van der Waals surface area contributed by atoms with Crippen LogP contribution in [-0.2, 0) is 0 Å². The van der Waals surface area contributed by atoms with Crippen molar-refractivity contribution < 1.29 is 0 Å². The number of hydrogen-bond donors (Lipinski definition) is 1. The van der Waals surface area contributed by atoms with E-state index in [4.69, 9.17) is 0 Å². The molecule has 0 aromatic carbocycles. The minimum absolute atomic E-state index is 0.822. The lowest BCUT2D eigenvalue weighted by Crippen LogP contribution is -2.56. The van der Waals surface area contributed by atoms with Crippen LogP contribution in [0.5, 0.6) is 0 Å². The van der Waals surface area contributed by atoms with Gasteiger partial charge in [-0.2, -0.15) is 0 Å². The summed E-state index contributed by atoms with van der Waals surface area (Å²) < 4.78 is 0. The van der Waals surface area contributed by atoms with Crippen molar-refractivity contribution in [3.05, 3.63) is 0 Å².